The molecule has 1 atom stereocenters. The van der Waals surface area contributed by atoms with Gasteiger partial charge in [-0.3, -0.25) is 0 Å². The number of carbonyl (C=O) groups is 1. The number of urea groups is 1. The van der Waals surface area contributed by atoms with Gasteiger partial charge in [0, 0.05) is 18.7 Å². The lowest BCUT2D eigenvalue weighted by Gasteiger charge is -2.23. The summed E-state index contributed by atoms with van der Waals surface area (Å²) in [7, 11) is 0. The summed E-state index contributed by atoms with van der Waals surface area (Å²) in [4.78, 5) is 20.0. The van der Waals surface area contributed by atoms with Crippen LogP contribution in [0, 0.1) is 6.92 Å². The fourth-order valence-electron chi connectivity index (χ4n) is 3.12. The Morgan fingerprint density at radius 2 is 2.00 bits per heavy atom. The SMILES string of the molecule is CCc1cccc(NC(=O)N(CC)CC2CC(c3ccc(C)cc3)=NO2)c1. The maximum Gasteiger partial charge on any atom is 0.321 e. The van der Waals surface area contributed by atoms with Crippen LogP contribution in [0.4, 0.5) is 10.5 Å². The Hall–Kier alpha value is -2.82. The number of rotatable bonds is 6. The van der Waals surface area contributed by atoms with Crippen LogP contribution in [0.15, 0.2) is 53.7 Å². The highest BCUT2D eigenvalue weighted by molar-refractivity contribution is 6.01. The third-order valence-electron chi connectivity index (χ3n) is 4.80. The van der Waals surface area contributed by atoms with Gasteiger partial charge in [0.05, 0.1) is 12.3 Å². The van der Waals surface area contributed by atoms with Crippen LogP contribution in [0.2, 0.25) is 0 Å². The predicted molar refractivity (Wildman–Crippen MR) is 109 cm³/mol. The fourth-order valence-corrected chi connectivity index (χ4v) is 3.12. The minimum absolute atomic E-state index is 0.113. The highest BCUT2D eigenvalue weighted by Crippen LogP contribution is 2.19. The molecule has 2 aromatic rings. The summed E-state index contributed by atoms with van der Waals surface area (Å²) in [5, 5.41) is 7.21. The van der Waals surface area contributed by atoms with Gasteiger partial charge in [-0.1, -0.05) is 54.0 Å². The normalized spacial score (nSPS) is 15.8. The predicted octanol–water partition coefficient (Wildman–Crippen LogP) is 4.60. The summed E-state index contributed by atoms with van der Waals surface area (Å²) in [5.74, 6) is 0. The van der Waals surface area contributed by atoms with Crippen molar-refractivity contribution in [2.45, 2.75) is 39.7 Å². The molecule has 0 aromatic heterocycles. The van der Waals surface area contributed by atoms with Gasteiger partial charge in [-0.25, -0.2) is 4.79 Å². The molecule has 0 saturated carbocycles. The molecule has 5 heteroatoms. The molecule has 0 bridgehead atoms. The van der Waals surface area contributed by atoms with E-state index in [0.29, 0.717) is 19.5 Å². The van der Waals surface area contributed by atoms with Gasteiger partial charge in [-0.05, 0) is 43.5 Å². The summed E-state index contributed by atoms with van der Waals surface area (Å²) < 4.78 is 0. The van der Waals surface area contributed by atoms with Crippen molar-refractivity contribution in [3.05, 3.63) is 65.2 Å². The van der Waals surface area contributed by atoms with Crippen molar-refractivity contribution < 1.29 is 9.63 Å². The monoisotopic (exact) mass is 365 g/mol. The molecule has 1 aliphatic rings. The summed E-state index contributed by atoms with van der Waals surface area (Å²) in [6.45, 7) is 7.25. The summed E-state index contributed by atoms with van der Waals surface area (Å²) in [5.41, 5.74) is 5.25. The third kappa shape index (κ3) is 4.88. The zero-order valence-electron chi connectivity index (χ0n) is 16.2. The highest BCUT2D eigenvalue weighted by Gasteiger charge is 2.26. The molecular formula is C22H27N3O2. The van der Waals surface area contributed by atoms with E-state index >= 15 is 0 Å². The average Bonchev–Trinajstić information content (AvgIpc) is 3.15. The lowest BCUT2D eigenvalue weighted by Crippen LogP contribution is -2.40. The lowest BCUT2D eigenvalue weighted by atomic mass is 10.0. The molecule has 3 rings (SSSR count). The number of aryl methyl sites for hydroxylation is 2. The van der Waals surface area contributed by atoms with E-state index in [2.05, 4.69) is 54.7 Å². The third-order valence-corrected chi connectivity index (χ3v) is 4.80. The van der Waals surface area contributed by atoms with E-state index in [0.717, 1.165) is 23.4 Å². The summed E-state index contributed by atoms with van der Waals surface area (Å²) in [6, 6.07) is 16.1. The standard InChI is InChI=1S/C22H27N3O2/c1-4-17-7-6-8-19(13-17)23-22(26)25(5-2)15-20-14-21(24-27-20)18-11-9-16(3)10-12-18/h6-13,20H,4-5,14-15H2,1-3H3,(H,23,26). The van der Waals surface area contributed by atoms with Crippen LogP contribution in [-0.2, 0) is 11.3 Å². The van der Waals surface area contributed by atoms with Crippen LogP contribution in [0.3, 0.4) is 0 Å². The fraction of sp³-hybridized carbons (Fsp3) is 0.364. The van der Waals surface area contributed by atoms with Gasteiger partial charge >= 0.3 is 6.03 Å². The van der Waals surface area contributed by atoms with E-state index in [-0.39, 0.29) is 12.1 Å². The van der Waals surface area contributed by atoms with E-state index in [1.54, 1.807) is 4.90 Å². The second-order valence-electron chi connectivity index (χ2n) is 6.86. The molecule has 0 fully saturated rings. The molecule has 0 saturated heterocycles. The number of hydrogen-bond donors (Lipinski definition) is 1. The number of nitrogens with one attached hydrogen (secondary N) is 1. The number of hydrogen-bond acceptors (Lipinski definition) is 3. The molecule has 0 radical (unpaired) electrons. The lowest BCUT2D eigenvalue weighted by molar-refractivity contribution is 0.0633. The first-order valence-electron chi connectivity index (χ1n) is 9.53. The van der Waals surface area contributed by atoms with Crippen LogP contribution in [0.5, 0.6) is 0 Å². The van der Waals surface area contributed by atoms with Gasteiger partial charge in [0.25, 0.3) is 0 Å². The Morgan fingerprint density at radius 1 is 1.22 bits per heavy atom. The van der Waals surface area contributed by atoms with Crippen molar-refractivity contribution in [3.8, 4) is 0 Å². The molecule has 5 nitrogen and oxygen atoms in total. The Labute approximate surface area is 161 Å². The quantitative estimate of drug-likeness (QED) is 0.813. The minimum Gasteiger partial charge on any atom is -0.390 e. The van der Waals surface area contributed by atoms with E-state index in [1.165, 1.54) is 11.1 Å². The van der Waals surface area contributed by atoms with Crippen LogP contribution in [-0.4, -0.2) is 35.8 Å². The number of oxime groups is 1. The Balaban J connectivity index is 1.57. The molecule has 1 heterocycles. The smallest absolute Gasteiger partial charge is 0.321 e. The van der Waals surface area contributed by atoms with Gasteiger partial charge in [0.1, 0.15) is 0 Å². The van der Waals surface area contributed by atoms with E-state index in [9.17, 15) is 4.79 Å². The Bertz CT molecular complexity index is 815. The zero-order chi connectivity index (χ0) is 19.2. The molecule has 2 amide bonds. The van der Waals surface area contributed by atoms with E-state index in [4.69, 9.17) is 4.84 Å². The molecule has 2 aromatic carbocycles. The van der Waals surface area contributed by atoms with Crippen LogP contribution < -0.4 is 5.32 Å². The van der Waals surface area contributed by atoms with Crippen molar-refractivity contribution in [3.63, 3.8) is 0 Å². The number of carbonyl (C=O) groups excluding carboxylic acids is 1. The van der Waals surface area contributed by atoms with Gasteiger partial charge in [-0.15, -0.1) is 0 Å². The molecule has 0 aliphatic carbocycles. The summed E-state index contributed by atoms with van der Waals surface area (Å²) in [6.07, 6.45) is 1.53. The maximum atomic E-state index is 12.6. The number of amides is 2. The van der Waals surface area contributed by atoms with Crippen LogP contribution in [0.1, 0.15) is 37.0 Å². The van der Waals surface area contributed by atoms with Crippen molar-refractivity contribution in [1.29, 1.82) is 0 Å². The second kappa shape index (κ2) is 8.71. The van der Waals surface area contributed by atoms with E-state index in [1.807, 2.05) is 25.1 Å². The van der Waals surface area contributed by atoms with Crippen molar-refractivity contribution in [1.82, 2.24) is 4.90 Å². The molecule has 1 aliphatic heterocycles. The first kappa shape index (κ1) is 19.0. The first-order chi connectivity index (χ1) is 13.1. The van der Waals surface area contributed by atoms with Gasteiger partial charge < -0.3 is 15.1 Å². The molecule has 1 unspecified atom stereocenters. The first-order valence-corrected chi connectivity index (χ1v) is 9.53. The zero-order valence-corrected chi connectivity index (χ0v) is 16.2. The van der Waals surface area contributed by atoms with Gasteiger partial charge in [0.15, 0.2) is 6.10 Å². The largest absolute Gasteiger partial charge is 0.390 e. The van der Waals surface area contributed by atoms with Crippen molar-refractivity contribution in [2.24, 2.45) is 5.16 Å². The molecule has 27 heavy (non-hydrogen) atoms. The maximum absolute atomic E-state index is 12.6. The number of benzene rings is 2. The topological polar surface area (TPSA) is 53.9 Å². The van der Waals surface area contributed by atoms with Gasteiger partial charge in [-0.2, -0.15) is 0 Å². The molecular weight excluding hydrogens is 338 g/mol. The average molecular weight is 365 g/mol. The molecule has 0 spiro atoms. The number of nitrogens with zero attached hydrogens (tertiary/aromatic N) is 2. The highest BCUT2D eigenvalue weighted by atomic mass is 16.6. The van der Waals surface area contributed by atoms with Crippen molar-refractivity contribution >= 4 is 17.4 Å². The van der Waals surface area contributed by atoms with Crippen molar-refractivity contribution in [2.75, 3.05) is 18.4 Å². The Kier molecular flexibility index (Phi) is 6.12. The second-order valence-corrected chi connectivity index (χ2v) is 6.86. The Morgan fingerprint density at radius 3 is 2.70 bits per heavy atom. The summed E-state index contributed by atoms with van der Waals surface area (Å²) >= 11 is 0. The van der Waals surface area contributed by atoms with Gasteiger partial charge in [0.2, 0.25) is 0 Å². The van der Waals surface area contributed by atoms with E-state index < -0.39 is 0 Å². The number of anilines is 1. The van der Waals surface area contributed by atoms with Crippen LogP contribution >= 0.6 is 0 Å². The minimum atomic E-state index is -0.117. The molecule has 1 N–H and O–H groups in total. The molecule has 142 valence electrons. The number of likely N-dealkylation sites (N-methyl/N-ethyl adjacent to an activating group) is 1. The van der Waals surface area contributed by atoms with Crippen LogP contribution in [0.25, 0.3) is 0 Å².